The van der Waals surface area contributed by atoms with Crippen molar-refractivity contribution in [2.24, 2.45) is 0 Å². The van der Waals surface area contributed by atoms with Crippen molar-refractivity contribution in [2.75, 3.05) is 7.05 Å². The van der Waals surface area contributed by atoms with Gasteiger partial charge in [-0.2, -0.15) is 5.10 Å². The van der Waals surface area contributed by atoms with Gasteiger partial charge in [0.15, 0.2) is 5.69 Å². The number of aromatic nitrogens is 2. The molecule has 0 aliphatic carbocycles. The molecule has 0 aromatic carbocycles. The lowest BCUT2D eigenvalue weighted by Gasteiger charge is -2.34. The van der Waals surface area contributed by atoms with Gasteiger partial charge < -0.3 is 10.0 Å². The van der Waals surface area contributed by atoms with E-state index in [0.717, 1.165) is 11.3 Å². The predicted molar refractivity (Wildman–Crippen MR) is 66.5 cm³/mol. The summed E-state index contributed by atoms with van der Waals surface area (Å²) < 4.78 is 0. The number of hydrogen-bond acceptors (Lipinski definition) is 3. The first-order valence-electron chi connectivity index (χ1n) is 5.68. The summed E-state index contributed by atoms with van der Waals surface area (Å²) in [6.07, 6.45) is -0.113. The Morgan fingerprint density at radius 1 is 1.39 bits per heavy atom. The van der Waals surface area contributed by atoms with Gasteiger partial charge in [-0.15, -0.1) is 0 Å². The highest BCUT2D eigenvalue weighted by molar-refractivity contribution is 5.94. The van der Waals surface area contributed by atoms with Gasteiger partial charge in [-0.3, -0.25) is 14.7 Å². The topological polar surface area (TPSA) is 86.3 Å². The lowest BCUT2D eigenvalue weighted by atomic mass is 9.98. The van der Waals surface area contributed by atoms with E-state index in [2.05, 4.69) is 10.2 Å². The molecule has 2 N–H and O–H groups in total. The van der Waals surface area contributed by atoms with Crippen LogP contribution in [0.2, 0.25) is 0 Å². The van der Waals surface area contributed by atoms with Gasteiger partial charge in [0.05, 0.1) is 6.42 Å². The maximum Gasteiger partial charge on any atom is 0.305 e. The van der Waals surface area contributed by atoms with Crippen molar-refractivity contribution in [3.05, 3.63) is 17.0 Å². The molecule has 0 bridgehead atoms. The van der Waals surface area contributed by atoms with Crippen molar-refractivity contribution in [2.45, 2.75) is 39.7 Å². The second kappa shape index (κ2) is 4.80. The summed E-state index contributed by atoms with van der Waals surface area (Å²) in [5.41, 5.74) is 1.21. The monoisotopic (exact) mass is 253 g/mol. The van der Waals surface area contributed by atoms with Crippen LogP contribution >= 0.6 is 0 Å². The number of rotatable bonds is 4. The molecule has 0 saturated heterocycles. The Balaban J connectivity index is 2.97. The number of H-pyrrole nitrogens is 1. The van der Waals surface area contributed by atoms with Gasteiger partial charge in [0.1, 0.15) is 0 Å². The van der Waals surface area contributed by atoms with Gasteiger partial charge in [-0.25, -0.2) is 0 Å². The van der Waals surface area contributed by atoms with Crippen LogP contribution in [0.4, 0.5) is 0 Å². The lowest BCUT2D eigenvalue weighted by molar-refractivity contribution is -0.139. The molecule has 0 unspecified atom stereocenters. The lowest BCUT2D eigenvalue weighted by Crippen LogP contribution is -2.46. The van der Waals surface area contributed by atoms with E-state index in [1.54, 1.807) is 20.9 Å². The van der Waals surface area contributed by atoms with E-state index in [1.165, 1.54) is 4.90 Å². The molecular weight excluding hydrogens is 234 g/mol. The minimum absolute atomic E-state index is 0.113. The fraction of sp³-hybridized carbons (Fsp3) is 0.583. The fourth-order valence-electron chi connectivity index (χ4n) is 1.62. The van der Waals surface area contributed by atoms with Crippen molar-refractivity contribution >= 4 is 11.9 Å². The Hall–Kier alpha value is -1.85. The van der Waals surface area contributed by atoms with Crippen molar-refractivity contribution in [3.8, 4) is 0 Å². The van der Waals surface area contributed by atoms with Crippen LogP contribution in [-0.2, 0) is 4.79 Å². The van der Waals surface area contributed by atoms with E-state index in [0.29, 0.717) is 5.69 Å². The summed E-state index contributed by atoms with van der Waals surface area (Å²) in [5.74, 6) is -1.21. The Bertz CT molecular complexity index is 477. The highest BCUT2D eigenvalue weighted by atomic mass is 16.4. The van der Waals surface area contributed by atoms with Crippen LogP contribution in [0.5, 0.6) is 0 Å². The largest absolute Gasteiger partial charge is 0.481 e. The molecule has 6 heteroatoms. The fourth-order valence-corrected chi connectivity index (χ4v) is 1.62. The molecule has 0 saturated carbocycles. The molecule has 0 spiro atoms. The molecule has 0 aliphatic heterocycles. The molecule has 1 aromatic rings. The zero-order valence-corrected chi connectivity index (χ0v) is 11.4. The maximum atomic E-state index is 12.3. The zero-order chi connectivity index (χ0) is 14.1. The van der Waals surface area contributed by atoms with Crippen LogP contribution in [-0.4, -0.2) is 44.7 Å². The number of nitrogens with zero attached hydrogens (tertiary/aromatic N) is 2. The average molecular weight is 253 g/mol. The second-order valence-corrected chi connectivity index (χ2v) is 5.07. The molecule has 18 heavy (non-hydrogen) atoms. The van der Waals surface area contributed by atoms with Crippen LogP contribution < -0.4 is 0 Å². The first kappa shape index (κ1) is 14.2. The molecular formula is C12H19N3O3. The number of carbonyl (C=O) groups is 2. The molecule has 0 radical (unpaired) electrons. The van der Waals surface area contributed by atoms with Crippen molar-refractivity contribution in [1.82, 2.24) is 15.1 Å². The molecule has 0 aliphatic rings. The predicted octanol–water partition coefficient (Wildman–Crippen LogP) is 1.35. The summed E-state index contributed by atoms with van der Waals surface area (Å²) in [6, 6.07) is 0. The van der Waals surface area contributed by atoms with Crippen molar-refractivity contribution < 1.29 is 14.7 Å². The molecule has 0 atom stereocenters. The Kier molecular flexibility index (Phi) is 3.79. The summed E-state index contributed by atoms with van der Waals surface area (Å²) in [7, 11) is 1.59. The van der Waals surface area contributed by atoms with Crippen LogP contribution in [0.3, 0.4) is 0 Å². The summed E-state index contributed by atoms with van der Waals surface area (Å²) in [6.45, 7) is 7.08. The molecule has 100 valence electrons. The second-order valence-electron chi connectivity index (χ2n) is 5.07. The van der Waals surface area contributed by atoms with Gasteiger partial charge in [0.25, 0.3) is 5.91 Å². The quantitative estimate of drug-likeness (QED) is 0.848. The summed E-state index contributed by atoms with van der Waals surface area (Å²) in [5, 5.41) is 15.6. The van der Waals surface area contributed by atoms with E-state index in [9.17, 15) is 9.59 Å². The van der Waals surface area contributed by atoms with Crippen LogP contribution in [0.15, 0.2) is 0 Å². The molecule has 1 rings (SSSR count). The van der Waals surface area contributed by atoms with E-state index >= 15 is 0 Å². The number of hydrogen-bond donors (Lipinski definition) is 2. The molecule has 1 heterocycles. The van der Waals surface area contributed by atoms with E-state index in [4.69, 9.17) is 5.11 Å². The molecule has 6 nitrogen and oxygen atoms in total. The van der Waals surface area contributed by atoms with Crippen LogP contribution in [0, 0.1) is 13.8 Å². The third-order valence-corrected chi connectivity index (χ3v) is 3.25. The number of carboxylic acids is 1. The number of nitrogens with one attached hydrogen (secondary N) is 1. The third kappa shape index (κ3) is 2.69. The number of carbonyl (C=O) groups excluding carboxylic acids is 1. The normalized spacial score (nSPS) is 11.4. The highest BCUT2D eigenvalue weighted by Gasteiger charge is 2.32. The van der Waals surface area contributed by atoms with Crippen LogP contribution in [0.25, 0.3) is 0 Å². The Morgan fingerprint density at radius 2 is 1.94 bits per heavy atom. The van der Waals surface area contributed by atoms with Crippen molar-refractivity contribution in [1.29, 1.82) is 0 Å². The molecule has 0 fully saturated rings. The van der Waals surface area contributed by atoms with Gasteiger partial charge in [-0.05, 0) is 27.7 Å². The first-order valence-corrected chi connectivity index (χ1v) is 5.68. The summed E-state index contributed by atoms with van der Waals surface area (Å²) in [4.78, 5) is 24.5. The van der Waals surface area contributed by atoms with Crippen molar-refractivity contribution in [3.63, 3.8) is 0 Å². The number of aliphatic carboxylic acids is 1. The SMILES string of the molecule is Cc1[nH]nc(C(=O)N(C)C(C)(C)CC(=O)O)c1C. The average Bonchev–Trinajstić information content (AvgIpc) is 2.56. The van der Waals surface area contributed by atoms with E-state index < -0.39 is 11.5 Å². The van der Waals surface area contributed by atoms with E-state index in [-0.39, 0.29) is 12.3 Å². The minimum Gasteiger partial charge on any atom is -0.481 e. The minimum atomic E-state index is -0.936. The van der Waals surface area contributed by atoms with Gasteiger partial charge in [-0.1, -0.05) is 0 Å². The smallest absolute Gasteiger partial charge is 0.305 e. The zero-order valence-electron chi connectivity index (χ0n) is 11.4. The first-order chi connectivity index (χ1) is 8.16. The number of carboxylic acid groups (broad SMARTS) is 1. The molecule has 1 aromatic heterocycles. The standard InChI is InChI=1S/C12H19N3O3/c1-7-8(2)13-14-10(7)11(18)15(5)12(3,4)6-9(16)17/h6H2,1-5H3,(H,13,14)(H,16,17). The highest BCUT2D eigenvalue weighted by Crippen LogP contribution is 2.21. The number of amides is 1. The van der Waals surface area contributed by atoms with Gasteiger partial charge in [0.2, 0.25) is 0 Å². The number of aryl methyl sites for hydroxylation is 1. The summed E-state index contributed by atoms with van der Waals surface area (Å²) >= 11 is 0. The Labute approximate surface area is 106 Å². The van der Waals surface area contributed by atoms with E-state index in [1.807, 2.05) is 13.8 Å². The number of aromatic amines is 1. The molecule has 1 amide bonds. The maximum absolute atomic E-state index is 12.3. The van der Waals surface area contributed by atoms with Crippen LogP contribution in [0.1, 0.15) is 42.0 Å². The van der Waals surface area contributed by atoms with Gasteiger partial charge in [0, 0.05) is 23.8 Å². The van der Waals surface area contributed by atoms with Gasteiger partial charge >= 0.3 is 5.97 Å². The Morgan fingerprint density at radius 3 is 2.33 bits per heavy atom. The third-order valence-electron chi connectivity index (χ3n) is 3.25.